The molecule has 0 saturated carbocycles. The Hall–Kier alpha value is -0.0700. The van der Waals surface area contributed by atoms with Crippen LogP contribution >= 0.6 is 27.7 Å². The fraction of sp³-hybridized carbons (Fsp3) is 0.444. The summed E-state index contributed by atoms with van der Waals surface area (Å²) in [6, 6.07) is 1.91. The maximum absolute atomic E-state index is 10.9. The van der Waals surface area contributed by atoms with E-state index in [1.165, 1.54) is 18.0 Å². The van der Waals surface area contributed by atoms with Gasteiger partial charge in [-0.3, -0.25) is 0 Å². The zero-order valence-electron chi connectivity index (χ0n) is 8.53. The first-order valence-corrected chi connectivity index (χ1v) is 8.15. The van der Waals surface area contributed by atoms with Gasteiger partial charge in [0.1, 0.15) is 14.9 Å². The molecule has 0 fully saturated rings. The third kappa shape index (κ3) is 4.53. The third-order valence-corrected chi connectivity index (χ3v) is 5.20. The molecule has 1 aromatic heterocycles. The van der Waals surface area contributed by atoms with Crippen LogP contribution in [0.4, 0.5) is 0 Å². The number of sulfone groups is 1. The number of nitrogens with zero attached hydrogens (tertiary/aromatic N) is 1. The number of aryl methyl sites for hydroxylation is 1. The second-order valence-electron chi connectivity index (χ2n) is 3.23. The van der Waals surface area contributed by atoms with Crippen LogP contribution in [0, 0.1) is 6.92 Å². The number of aromatic nitrogens is 1. The highest BCUT2D eigenvalue weighted by atomic mass is 79.9. The molecule has 0 unspecified atom stereocenters. The van der Waals surface area contributed by atoms with Crippen molar-refractivity contribution in [3.8, 4) is 0 Å². The third-order valence-electron chi connectivity index (χ3n) is 1.74. The Morgan fingerprint density at radius 1 is 1.53 bits per heavy atom. The van der Waals surface area contributed by atoms with Crippen LogP contribution in [-0.4, -0.2) is 31.2 Å². The van der Waals surface area contributed by atoms with Gasteiger partial charge in [0, 0.05) is 18.2 Å². The van der Waals surface area contributed by atoms with Gasteiger partial charge >= 0.3 is 0 Å². The smallest absolute Gasteiger partial charge is 0.148 e. The summed E-state index contributed by atoms with van der Waals surface area (Å²) in [6.07, 6.45) is 2.97. The molecular formula is C9H12BrNO2S2. The number of halogens is 1. The molecule has 0 N–H and O–H groups in total. The van der Waals surface area contributed by atoms with Gasteiger partial charge in [-0.1, -0.05) is 0 Å². The molecule has 1 rings (SSSR count). The van der Waals surface area contributed by atoms with Crippen LogP contribution in [0.1, 0.15) is 5.56 Å². The van der Waals surface area contributed by atoms with E-state index in [1.54, 1.807) is 6.20 Å². The second kappa shape index (κ2) is 5.32. The van der Waals surface area contributed by atoms with Crippen molar-refractivity contribution in [1.29, 1.82) is 0 Å². The minimum Gasteiger partial charge on any atom is -0.249 e. The molecule has 15 heavy (non-hydrogen) atoms. The number of thioether (sulfide) groups is 1. The van der Waals surface area contributed by atoms with Crippen molar-refractivity contribution < 1.29 is 8.42 Å². The summed E-state index contributed by atoms with van der Waals surface area (Å²) in [5.74, 6) is 0.716. The van der Waals surface area contributed by atoms with Crippen LogP contribution in [0.15, 0.2) is 21.8 Å². The van der Waals surface area contributed by atoms with Gasteiger partial charge in [-0.2, -0.15) is 0 Å². The first-order valence-electron chi connectivity index (χ1n) is 4.32. The molecule has 0 bridgehead atoms. The SMILES string of the molecule is Cc1ccnc(SCCS(C)(=O)=O)c1Br. The summed E-state index contributed by atoms with van der Waals surface area (Å²) >= 11 is 4.88. The maximum atomic E-state index is 10.9. The van der Waals surface area contributed by atoms with Gasteiger partial charge in [0.2, 0.25) is 0 Å². The Kier molecular flexibility index (Phi) is 4.61. The maximum Gasteiger partial charge on any atom is 0.148 e. The predicted octanol–water partition coefficient (Wildman–Crippen LogP) is 2.29. The molecule has 0 aliphatic rings. The molecule has 1 heterocycles. The Labute approximate surface area is 103 Å². The highest BCUT2D eigenvalue weighted by molar-refractivity contribution is 9.10. The number of hydrogen-bond donors (Lipinski definition) is 0. The summed E-state index contributed by atoms with van der Waals surface area (Å²) in [5.41, 5.74) is 1.10. The summed E-state index contributed by atoms with van der Waals surface area (Å²) in [4.78, 5) is 4.18. The summed E-state index contributed by atoms with van der Waals surface area (Å²) < 4.78 is 22.8. The van der Waals surface area contributed by atoms with Gasteiger partial charge in [0.25, 0.3) is 0 Å². The lowest BCUT2D eigenvalue weighted by Gasteiger charge is -2.04. The fourth-order valence-corrected chi connectivity index (χ4v) is 3.64. The molecule has 0 aliphatic carbocycles. The average molecular weight is 310 g/mol. The second-order valence-corrected chi connectivity index (χ2v) is 7.36. The topological polar surface area (TPSA) is 47.0 Å². The van der Waals surface area contributed by atoms with E-state index in [4.69, 9.17) is 0 Å². The zero-order chi connectivity index (χ0) is 11.5. The average Bonchev–Trinajstić information content (AvgIpc) is 2.10. The molecule has 0 amide bonds. The van der Waals surface area contributed by atoms with Crippen LogP contribution in [-0.2, 0) is 9.84 Å². The molecule has 0 radical (unpaired) electrons. The lowest BCUT2D eigenvalue weighted by Crippen LogP contribution is -2.05. The van der Waals surface area contributed by atoms with Gasteiger partial charge in [-0.15, -0.1) is 11.8 Å². The van der Waals surface area contributed by atoms with Crippen molar-refractivity contribution in [3.63, 3.8) is 0 Å². The summed E-state index contributed by atoms with van der Waals surface area (Å²) in [5, 5.41) is 0.846. The van der Waals surface area contributed by atoms with E-state index in [0.717, 1.165) is 15.1 Å². The summed E-state index contributed by atoms with van der Waals surface area (Å²) in [6.45, 7) is 1.98. The fourth-order valence-electron chi connectivity index (χ4n) is 0.906. The first-order chi connectivity index (χ1) is 6.90. The zero-order valence-corrected chi connectivity index (χ0v) is 11.7. The monoisotopic (exact) mass is 309 g/mol. The molecule has 0 aromatic carbocycles. The normalized spacial score (nSPS) is 11.7. The summed E-state index contributed by atoms with van der Waals surface area (Å²) in [7, 11) is -2.88. The molecule has 0 spiro atoms. The van der Waals surface area contributed by atoms with Crippen LogP contribution in [0.2, 0.25) is 0 Å². The predicted molar refractivity (Wildman–Crippen MR) is 67.1 cm³/mol. The standard InChI is InChI=1S/C9H12BrNO2S2/c1-7-3-4-11-9(8(7)10)14-5-6-15(2,12)13/h3-4H,5-6H2,1-2H3. The Balaban J connectivity index is 2.62. The van der Waals surface area contributed by atoms with Crippen LogP contribution in [0.25, 0.3) is 0 Å². The lowest BCUT2D eigenvalue weighted by atomic mass is 10.3. The highest BCUT2D eigenvalue weighted by Crippen LogP contribution is 2.27. The van der Waals surface area contributed by atoms with Crippen molar-refractivity contribution in [1.82, 2.24) is 4.98 Å². The van der Waals surface area contributed by atoms with E-state index in [2.05, 4.69) is 20.9 Å². The minimum atomic E-state index is -2.88. The van der Waals surface area contributed by atoms with E-state index in [-0.39, 0.29) is 5.75 Å². The van der Waals surface area contributed by atoms with Crippen molar-refractivity contribution in [2.24, 2.45) is 0 Å². The molecule has 84 valence electrons. The Morgan fingerprint density at radius 2 is 2.20 bits per heavy atom. The van der Waals surface area contributed by atoms with Gasteiger partial charge < -0.3 is 0 Å². The van der Waals surface area contributed by atoms with Gasteiger partial charge in [0.05, 0.1) is 10.2 Å². The number of hydrogen-bond acceptors (Lipinski definition) is 4. The quantitative estimate of drug-likeness (QED) is 0.801. The largest absolute Gasteiger partial charge is 0.249 e. The van der Waals surface area contributed by atoms with E-state index >= 15 is 0 Å². The van der Waals surface area contributed by atoms with Gasteiger partial charge in [-0.05, 0) is 34.5 Å². The molecular weight excluding hydrogens is 298 g/mol. The molecule has 0 aliphatic heterocycles. The highest BCUT2D eigenvalue weighted by Gasteiger charge is 2.07. The van der Waals surface area contributed by atoms with Crippen LogP contribution in [0.5, 0.6) is 0 Å². The minimum absolute atomic E-state index is 0.180. The van der Waals surface area contributed by atoms with Gasteiger partial charge in [-0.25, -0.2) is 13.4 Å². The van der Waals surface area contributed by atoms with E-state index in [9.17, 15) is 8.42 Å². The Bertz CT molecular complexity index is 445. The van der Waals surface area contributed by atoms with Gasteiger partial charge in [0.15, 0.2) is 0 Å². The van der Waals surface area contributed by atoms with E-state index < -0.39 is 9.84 Å². The van der Waals surface area contributed by atoms with Crippen molar-refractivity contribution in [2.75, 3.05) is 17.8 Å². The molecule has 0 saturated heterocycles. The van der Waals surface area contributed by atoms with Crippen molar-refractivity contribution in [3.05, 3.63) is 22.3 Å². The molecule has 6 heteroatoms. The van der Waals surface area contributed by atoms with E-state index in [0.29, 0.717) is 5.75 Å². The van der Waals surface area contributed by atoms with Crippen LogP contribution in [0.3, 0.4) is 0 Å². The van der Waals surface area contributed by atoms with Crippen LogP contribution < -0.4 is 0 Å². The van der Waals surface area contributed by atoms with Crippen molar-refractivity contribution in [2.45, 2.75) is 11.9 Å². The molecule has 3 nitrogen and oxygen atoms in total. The van der Waals surface area contributed by atoms with E-state index in [1.807, 2.05) is 13.0 Å². The lowest BCUT2D eigenvalue weighted by molar-refractivity contribution is 0.603. The first kappa shape index (κ1) is 13.0. The number of rotatable bonds is 4. The number of pyridine rings is 1. The Morgan fingerprint density at radius 3 is 2.80 bits per heavy atom. The molecule has 0 atom stereocenters. The molecule has 1 aromatic rings. The van der Waals surface area contributed by atoms with Crippen molar-refractivity contribution >= 4 is 37.5 Å².